The van der Waals surface area contributed by atoms with Crippen LogP contribution in [0.15, 0.2) is 29.0 Å². The van der Waals surface area contributed by atoms with Gasteiger partial charge < -0.3 is 14.3 Å². The molecule has 10 heteroatoms. The van der Waals surface area contributed by atoms with Crippen molar-refractivity contribution in [2.75, 3.05) is 31.1 Å². The summed E-state index contributed by atoms with van der Waals surface area (Å²) in [5.41, 5.74) is 1.18. The van der Waals surface area contributed by atoms with Crippen molar-refractivity contribution >= 4 is 11.7 Å². The van der Waals surface area contributed by atoms with Crippen molar-refractivity contribution in [2.45, 2.75) is 6.92 Å². The highest BCUT2D eigenvalue weighted by Crippen LogP contribution is 2.19. The first-order chi connectivity index (χ1) is 12.6. The predicted octanol–water partition coefficient (Wildman–Crippen LogP) is 0.531. The Morgan fingerprint density at radius 3 is 2.58 bits per heavy atom. The Balaban J connectivity index is 1.39. The van der Waals surface area contributed by atoms with Gasteiger partial charge in [0.15, 0.2) is 5.69 Å². The molecule has 0 atom stereocenters. The number of amides is 1. The quantitative estimate of drug-likeness (QED) is 0.670. The van der Waals surface area contributed by atoms with E-state index in [-0.39, 0.29) is 5.91 Å². The Morgan fingerprint density at radius 2 is 2.00 bits per heavy atom. The highest BCUT2D eigenvalue weighted by atomic mass is 16.5. The number of aryl methyl sites for hydroxylation is 2. The van der Waals surface area contributed by atoms with Crippen LogP contribution in [0.1, 0.15) is 16.4 Å². The molecule has 3 aromatic rings. The number of aromatic nitrogens is 6. The van der Waals surface area contributed by atoms with E-state index in [0.717, 1.165) is 11.4 Å². The Kier molecular flexibility index (Phi) is 4.07. The smallest absolute Gasteiger partial charge is 0.276 e. The fraction of sp³-hybridized carbons (Fsp3) is 0.375. The average Bonchev–Trinajstić information content (AvgIpc) is 3.30. The summed E-state index contributed by atoms with van der Waals surface area (Å²) in [6, 6.07) is 3.85. The molecule has 0 aliphatic carbocycles. The van der Waals surface area contributed by atoms with E-state index in [0.29, 0.717) is 43.6 Å². The number of piperazine rings is 1. The number of pyridine rings is 1. The third-order valence-corrected chi connectivity index (χ3v) is 4.25. The van der Waals surface area contributed by atoms with Crippen molar-refractivity contribution in [3.8, 4) is 11.4 Å². The zero-order valence-corrected chi connectivity index (χ0v) is 14.5. The maximum atomic E-state index is 12.4. The second-order valence-corrected chi connectivity index (χ2v) is 6.10. The number of nitrogens with zero attached hydrogens (tertiary/aromatic N) is 8. The second kappa shape index (κ2) is 6.54. The molecule has 4 rings (SSSR count). The molecule has 0 bridgehead atoms. The molecule has 10 nitrogen and oxygen atoms in total. The number of rotatable bonds is 3. The van der Waals surface area contributed by atoms with E-state index in [1.807, 2.05) is 12.1 Å². The maximum Gasteiger partial charge on any atom is 0.276 e. The first-order valence-corrected chi connectivity index (χ1v) is 8.27. The lowest BCUT2D eigenvalue weighted by atomic mass is 10.2. The lowest BCUT2D eigenvalue weighted by Crippen LogP contribution is -2.49. The lowest BCUT2D eigenvalue weighted by molar-refractivity contribution is 0.0740. The SMILES string of the molecule is Cc1nc(-c2ccc(N3CCN(C(=O)c4cn(C)nn4)CC3)nc2)no1. The summed E-state index contributed by atoms with van der Waals surface area (Å²) in [6.45, 7) is 4.39. The van der Waals surface area contributed by atoms with Gasteiger partial charge in [0.1, 0.15) is 5.82 Å². The van der Waals surface area contributed by atoms with E-state index < -0.39 is 0 Å². The Bertz CT molecular complexity index is 908. The van der Waals surface area contributed by atoms with E-state index in [4.69, 9.17) is 4.52 Å². The fourth-order valence-corrected chi connectivity index (χ4v) is 2.87. The molecule has 26 heavy (non-hydrogen) atoms. The molecule has 0 aromatic carbocycles. The number of carbonyl (C=O) groups excluding carboxylic acids is 1. The van der Waals surface area contributed by atoms with E-state index in [1.54, 1.807) is 31.3 Å². The summed E-state index contributed by atoms with van der Waals surface area (Å²) < 4.78 is 6.52. The second-order valence-electron chi connectivity index (χ2n) is 6.10. The molecule has 1 aliphatic rings. The molecule has 1 saturated heterocycles. The first kappa shape index (κ1) is 16.2. The van der Waals surface area contributed by atoms with Gasteiger partial charge in [-0.05, 0) is 12.1 Å². The van der Waals surface area contributed by atoms with Gasteiger partial charge in [-0.1, -0.05) is 10.4 Å². The number of carbonyl (C=O) groups is 1. The van der Waals surface area contributed by atoms with Gasteiger partial charge in [0.25, 0.3) is 5.91 Å². The number of hydrogen-bond donors (Lipinski definition) is 0. The Labute approximate surface area is 149 Å². The van der Waals surface area contributed by atoms with Crippen molar-refractivity contribution in [1.29, 1.82) is 0 Å². The molecule has 1 amide bonds. The molecule has 3 aromatic heterocycles. The van der Waals surface area contributed by atoms with Gasteiger partial charge in [0.2, 0.25) is 11.7 Å². The van der Waals surface area contributed by atoms with Crippen LogP contribution in [0.25, 0.3) is 11.4 Å². The summed E-state index contributed by atoms with van der Waals surface area (Å²) in [7, 11) is 1.74. The minimum Gasteiger partial charge on any atom is -0.353 e. The van der Waals surface area contributed by atoms with Crippen molar-refractivity contribution in [2.24, 2.45) is 7.05 Å². The van der Waals surface area contributed by atoms with Crippen LogP contribution in [-0.2, 0) is 7.05 Å². The van der Waals surface area contributed by atoms with Gasteiger partial charge >= 0.3 is 0 Å². The highest BCUT2D eigenvalue weighted by Gasteiger charge is 2.24. The normalized spacial score (nSPS) is 14.7. The zero-order chi connectivity index (χ0) is 18.1. The number of hydrogen-bond acceptors (Lipinski definition) is 8. The van der Waals surface area contributed by atoms with Crippen LogP contribution < -0.4 is 4.90 Å². The molecular weight excluding hydrogens is 336 g/mol. The largest absolute Gasteiger partial charge is 0.353 e. The third kappa shape index (κ3) is 3.13. The molecular formula is C16H18N8O2. The first-order valence-electron chi connectivity index (χ1n) is 8.27. The van der Waals surface area contributed by atoms with Gasteiger partial charge in [0.05, 0.1) is 6.20 Å². The molecule has 0 unspecified atom stereocenters. The van der Waals surface area contributed by atoms with Crippen molar-refractivity contribution in [3.05, 3.63) is 36.1 Å². The molecule has 1 aliphatic heterocycles. The molecule has 0 saturated carbocycles. The summed E-state index contributed by atoms with van der Waals surface area (Å²) >= 11 is 0. The summed E-state index contributed by atoms with van der Waals surface area (Å²) in [6.07, 6.45) is 3.37. The van der Waals surface area contributed by atoms with E-state index in [2.05, 4.69) is 30.3 Å². The average molecular weight is 354 g/mol. The standard InChI is InChI=1S/C16H18N8O2/c1-11-18-15(20-26-11)12-3-4-14(17-9-12)23-5-7-24(8-6-23)16(25)13-10-22(2)21-19-13/h3-4,9-10H,5-8H2,1-2H3. The van der Waals surface area contributed by atoms with Crippen LogP contribution in [0.2, 0.25) is 0 Å². The molecule has 0 N–H and O–H groups in total. The lowest BCUT2D eigenvalue weighted by Gasteiger charge is -2.35. The summed E-state index contributed by atoms with van der Waals surface area (Å²) in [4.78, 5) is 25.0. The molecule has 0 radical (unpaired) electrons. The van der Waals surface area contributed by atoms with Gasteiger partial charge in [-0.2, -0.15) is 4.98 Å². The van der Waals surface area contributed by atoms with Gasteiger partial charge in [-0.25, -0.2) is 4.98 Å². The van der Waals surface area contributed by atoms with Gasteiger partial charge in [-0.15, -0.1) is 5.10 Å². The Hall–Kier alpha value is -3.30. The minimum absolute atomic E-state index is 0.0893. The van der Waals surface area contributed by atoms with E-state index in [1.165, 1.54) is 4.68 Å². The van der Waals surface area contributed by atoms with Gasteiger partial charge in [-0.3, -0.25) is 9.48 Å². The summed E-state index contributed by atoms with van der Waals surface area (Å²) in [5.74, 6) is 1.82. The van der Waals surface area contributed by atoms with Crippen molar-refractivity contribution < 1.29 is 9.32 Å². The van der Waals surface area contributed by atoms with Gasteiger partial charge in [0, 0.05) is 51.9 Å². The zero-order valence-electron chi connectivity index (χ0n) is 14.5. The fourth-order valence-electron chi connectivity index (χ4n) is 2.87. The van der Waals surface area contributed by atoms with Crippen LogP contribution in [0.3, 0.4) is 0 Å². The van der Waals surface area contributed by atoms with Crippen molar-refractivity contribution in [3.63, 3.8) is 0 Å². The van der Waals surface area contributed by atoms with E-state index >= 15 is 0 Å². The summed E-state index contributed by atoms with van der Waals surface area (Å²) in [5, 5.41) is 11.6. The van der Waals surface area contributed by atoms with Crippen LogP contribution >= 0.6 is 0 Å². The molecule has 134 valence electrons. The van der Waals surface area contributed by atoms with E-state index in [9.17, 15) is 4.79 Å². The highest BCUT2D eigenvalue weighted by molar-refractivity contribution is 5.92. The molecule has 1 fully saturated rings. The van der Waals surface area contributed by atoms with Crippen LogP contribution in [0.5, 0.6) is 0 Å². The monoisotopic (exact) mass is 354 g/mol. The van der Waals surface area contributed by atoms with Crippen LogP contribution in [-0.4, -0.2) is 67.1 Å². The maximum absolute atomic E-state index is 12.4. The molecule has 0 spiro atoms. The predicted molar refractivity (Wildman–Crippen MR) is 91.4 cm³/mol. The van der Waals surface area contributed by atoms with Crippen LogP contribution in [0, 0.1) is 6.92 Å². The molecule has 4 heterocycles. The van der Waals surface area contributed by atoms with Crippen LogP contribution in [0.4, 0.5) is 5.82 Å². The Morgan fingerprint density at radius 1 is 1.19 bits per heavy atom. The third-order valence-electron chi connectivity index (χ3n) is 4.25. The topological polar surface area (TPSA) is 106 Å². The minimum atomic E-state index is -0.0893. The number of anilines is 1. The van der Waals surface area contributed by atoms with Crippen molar-refractivity contribution in [1.82, 2.24) is 35.0 Å².